The van der Waals surface area contributed by atoms with Crippen LogP contribution in [0.4, 0.5) is 0 Å². The van der Waals surface area contributed by atoms with Crippen LogP contribution in [0.3, 0.4) is 0 Å². The Balaban J connectivity index is 2.11. The molecule has 2 saturated carbocycles. The standard InChI is InChI=1S/C16H15ClO5S/c1-23(21,22)10-4-5-11(12(17)7-10)16(20)13-14(18)8-2-3-9(6-8)15(13)19/h4-5,7-9,20H,2-3,6H2,1H3/t8-,9+. The van der Waals surface area contributed by atoms with Crippen LogP contribution in [0.2, 0.25) is 5.02 Å². The lowest BCUT2D eigenvalue weighted by atomic mass is 9.81. The number of hydrogen-bond donors (Lipinski definition) is 1. The highest BCUT2D eigenvalue weighted by atomic mass is 35.5. The van der Waals surface area contributed by atoms with Gasteiger partial charge in [0.1, 0.15) is 11.3 Å². The number of aliphatic hydroxyl groups excluding tert-OH is 1. The number of sulfone groups is 1. The number of aliphatic hydroxyl groups is 1. The van der Waals surface area contributed by atoms with Crippen molar-refractivity contribution in [3.05, 3.63) is 34.4 Å². The first-order valence-corrected chi connectivity index (χ1v) is 9.48. The smallest absolute Gasteiger partial charge is 0.175 e. The van der Waals surface area contributed by atoms with Crippen molar-refractivity contribution in [3.63, 3.8) is 0 Å². The second-order valence-electron chi connectivity index (χ2n) is 6.07. The van der Waals surface area contributed by atoms with Gasteiger partial charge in [-0.25, -0.2) is 8.42 Å². The normalized spacial score (nSPS) is 26.5. The third-order valence-corrected chi connectivity index (χ3v) is 5.95. The molecule has 0 radical (unpaired) electrons. The molecular formula is C16H15ClO5S. The molecule has 2 bridgehead atoms. The van der Waals surface area contributed by atoms with Crippen LogP contribution in [0, 0.1) is 11.8 Å². The van der Waals surface area contributed by atoms with E-state index in [1.807, 2.05) is 0 Å². The van der Waals surface area contributed by atoms with E-state index in [1.54, 1.807) is 0 Å². The van der Waals surface area contributed by atoms with Gasteiger partial charge in [-0.3, -0.25) is 9.59 Å². The molecule has 0 saturated heterocycles. The number of Topliss-reactive ketones (excluding diaryl/α,β-unsaturated/α-hetero) is 2. The SMILES string of the molecule is CS(=O)(=O)c1ccc(C(O)=C2C(=O)[C@@H]3CC[C@@H](C3)C2=O)c(Cl)c1. The predicted octanol–water partition coefficient (Wildman–Crippen LogP) is 2.58. The van der Waals surface area contributed by atoms with Crippen LogP contribution < -0.4 is 0 Å². The molecule has 2 aliphatic rings. The second-order valence-corrected chi connectivity index (χ2v) is 8.50. The number of rotatable bonds is 2. The number of carbonyl (C=O) groups excluding carboxylic acids is 2. The van der Waals surface area contributed by atoms with E-state index >= 15 is 0 Å². The number of ketones is 2. The Bertz CT molecular complexity index is 829. The Morgan fingerprint density at radius 3 is 2.22 bits per heavy atom. The Kier molecular flexibility index (Phi) is 3.84. The summed E-state index contributed by atoms with van der Waals surface area (Å²) in [6, 6.07) is 3.81. The van der Waals surface area contributed by atoms with Crippen LogP contribution in [0.25, 0.3) is 5.76 Å². The molecule has 0 aromatic heterocycles. The van der Waals surface area contributed by atoms with E-state index in [-0.39, 0.29) is 44.5 Å². The molecule has 1 aromatic carbocycles. The van der Waals surface area contributed by atoms with Crippen LogP contribution in [0.15, 0.2) is 28.7 Å². The van der Waals surface area contributed by atoms with E-state index in [4.69, 9.17) is 11.6 Å². The Labute approximate surface area is 138 Å². The molecule has 7 heteroatoms. The van der Waals surface area contributed by atoms with Crippen molar-refractivity contribution in [1.82, 2.24) is 0 Å². The maximum atomic E-state index is 12.4. The topological polar surface area (TPSA) is 88.5 Å². The number of fused-ring (bicyclic) bond motifs is 2. The molecule has 122 valence electrons. The molecule has 2 aliphatic carbocycles. The molecule has 2 atom stereocenters. The van der Waals surface area contributed by atoms with Gasteiger partial charge in [-0.15, -0.1) is 0 Å². The zero-order valence-electron chi connectivity index (χ0n) is 12.4. The quantitative estimate of drug-likeness (QED) is 0.501. The van der Waals surface area contributed by atoms with Crippen LogP contribution >= 0.6 is 11.6 Å². The fourth-order valence-electron chi connectivity index (χ4n) is 3.27. The highest BCUT2D eigenvalue weighted by Gasteiger charge is 2.45. The third kappa shape index (κ3) is 2.70. The molecule has 1 aromatic rings. The first-order valence-electron chi connectivity index (χ1n) is 7.21. The first kappa shape index (κ1) is 16.2. The molecule has 0 heterocycles. The van der Waals surface area contributed by atoms with Crippen molar-refractivity contribution in [2.75, 3.05) is 6.26 Å². The minimum atomic E-state index is -3.44. The monoisotopic (exact) mass is 354 g/mol. The van der Waals surface area contributed by atoms with E-state index in [2.05, 4.69) is 0 Å². The molecule has 0 spiro atoms. The molecule has 0 aliphatic heterocycles. The van der Waals surface area contributed by atoms with E-state index in [9.17, 15) is 23.1 Å². The number of halogens is 1. The van der Waals surface area contributed by atoms with Gasteiger partial charge in [0.25, 0.3) is 0 Å². The van der Waals surface area contributed by atoms with Crippen LogP contribution in [-0.2, 0) is 19.4 Å². The molecule has 23 heavy (non-hydrogen) atoms. The van der Waals surface area contributed by atoms with Crippen molar-refractivity contribution in [2.45, 2.75) is 24.2 Å². The molecule has 0 amide bonds. The summed E-state index contributed by atoms with van der Waals surface area (Å²) in [5, 5.41) is 10.4. The van der Waals surface area contributed by atoms with Crippen LogP contribution in [0.1, 0.15) is 24.8 Å². The fraction of sp³-hybridized carbons (Fsp3) is 0.375. The predicted molar refractivity (Wildman–Crippen MR) is 85.0 cm³/mol. The zero-order chi connectivity index (χ0) is 16.9. The largest absolute Gasteiger partial charge is 0.506 e. The number of hydrogen-bond acceptors (Lipinski definition) is 5. The highest BCUT2D eigenvalue weighted by molar-refractivity contribution is 7.90. The summed E-state index contributed by atoms with van der Waals surface area (Å²) in [5.41, 5.74) is -0.102. The van der Waals surface area contributed by atoms with Crippen molar-refractivity contribution in [2.24, 2.45) is 11.8 Å². The van der Waals surface area contributed by atoms with Crippen LogP contribution in [-0.4, -0.2) is 31.3 Å². The van der Waals surface area contributed by atoms with Crippen molar-refractivity contribution in [1.29, 1.82) is 0 Å². The average molecular weight is 355 g/mol. The van der Waals surface area contributed by atoms with E-state index < -0.39 is 15.6 Å². The number of allylic oxidation sites excluding steroid dienone is 1. The average Bonchev–Trinajstić information content (AvgIpc) is 2.91. The molecule has 0 unspecified atom stereocenters. The van der Waals surface area contributed by atoms with Gasteiger partial charge in [0, 0.05) is 23.7 Å². The molecule has 3 rings (SSSR count). The van der Waals surface area contributed by atoms with Crippen molar-refractivity contribution >= 4 is 38.8 Å². The van der Waals surface area contributed by atoms with E-state index in [0.717, 1.165) is 6.26 Å². The van der Waals surface area contributed by atoms with Crippen molar-refractivity contribution < 1.29 is 23.1 Å². The second kappa shape index (κ2) is 5.46. The van der Waals surface area contributed by atoms with Crippen molar-refractivity contribution in [3.8, 4) is 0 Å². The summed E-state index contributed by atoms with van der Waals surface area (Å²) in [5.74, 6) is -1.58. The van der Waals surface area contributed by atoms with Gasteiger partial charge < -0.3 is 5.11 Å². The van der Waals surface area contributed by atoms with E-state index in [1.165, 1.54) is 18.2 Å². The summed E-state index contributed by atoms with van der Waals surface area (Å²) in [7, 11) is -3.44. The van der Waals surface area contributed by atoms with Gasteiger partial charge >= 0.3 is 0 Å². The zero-order valence-corrected chi connectivity index (χ0v) is 13.9. The van der Waals surface area contributed by atoms with Gasteiger partial charge in [0.2, 0.25) is 0 Å². The fourth-order valence-corrected chi connectivity index (χ4v) is 4.26. The molecule has 2 fully saturated rings. The minimum absolute atomic E-state index is 0.00502. The van der Waals surface area contributed by atoms with Gasteiger partial charge in [-0.05, 0) is 37.5 Å². The summed E-state index contributed by atoms with van der Waals surface area (Å²) in [6.45, 7) is 0. The summed E-state index contributed by atoms with van der Waals surface area (Å²) >= 11 is 6.05. The Morgan fingerprint density at radius 2 is 1.74 bits per heavy atom. The maximum Gasteiger partial charge on any atom is 0.175 e. The lowest BCUT2D eigenvalue weighted by Gasteiger charge is -2.20. The number of benzene rings is 1. The van der Waals surface area contributed by atoms with Gasteiger partial charge in [-0.1, -0.05) is 11.6 Å². The minimum Gasteiger partial charge on any atom is -0.506 e. The van der Waals surface area contributed by atoms with E-state index in [0.29, 0.717) is 19.3 Å². The molecular weight excluding hydrogens is 340 g/mol. The third-order valence-electron chi connectivity index (χ3n) is 4.53. The summed E-state index contributed by atoms with van der Waals surface area (Å²) in [4.78, 5) is 24.7. The summed E-state index contributed by atoms with van der Waals surface area (Å²) < 4.78 is 23.0. The molecule has 1 N–H and O–H groups in total. The van der Waals surface area contributed by atoms with Gasteiger partial charge in [0.05, 0.1) is 9.92 Å². The number of carbonyl (C=O) groups is 2. The van der Waals surface area contributed by atoms with Crippen LogP contribution in [0.5, 0.6) is 0 Å². The molecule has 5 nitrogen and oxygen atoms in total. The van der Waals surface area contributed by atoms with Gasteiger partial charge in [-0.2, -0.15) is 0 Å². The summed E-state index contributed by atoms with van der Waals surface area (Å²) in [6.07, 6.45) is 2.91. The Morgan fingerprint density at radius 1 is 1.17 bits per heavy atom. The first-order chi connectivity index (χ1) is 10.7. The lowest BCUT2D eigenvalue weighted by molar-refractivity contribution is -0.127. The highest BCUT2D eigenvalue weighted by Crippen LogP contribution is 2.42. The Hall–Kier alpha value is -1.66. The maximum absolute atomic E-state index is 12.4. The lowest BCUT2D eigenvalue weighted by Crippen LogP contribution is -2.30. The van der Waals surface area contributed by atoms with Gasteiger partial charge in [0.15, 0.2) is 21.4 Å².